The highest BCUT2D eigenvalue weighted by molar-refractivity contribution is 5.79. The summed E-state index contributed by atoms with van der Waals surface area (Å²) < 4.78 is 7.30. The van der Waals surface area contributed by atoms with Crippen LogP contribution < -0.4 is 5.73 Å². The van der Waals surface area contributed by atoms with Crippen molar-refractivity contribution in [3.05, 3.63) is 23.8 Å². The maximum Gasteiger partial charge on any atom is 0.201 e. The van der Waals surface area contributed by atoms with Crippen molar-refractivity contribution in [2.45, 2.75) is 51.7 Å². The van der Waals surface area contributed by atoms with E-state index in [0.29, 0.717) is 12.5 Å². The number of ether oxygens (including phenoxy) is 1. The van der Waals surface area contributed by atoms with Gasteiger partial charge in [-0.3, -0.25) is 0 Å². The number of anilines is 1. The zero-order valence-electron chi connectivity index (χ0n) is 14.1. The number of hydrogen-bond donors (Lipinski definition) is 2. The van der Waals surface area contributed by atoms with Gasteiger partial charge in [0.15, 0.2) is 0 Å². The Morgan fingerprint density at radius 2 is 2.09 bits per heavy atom. The Hall–Kier alpha value is -1.59. The lowest BCUT2D eigenvalue weighted by atomic mass is 9.93. The standard InChI is InChI=1S/C18H27N3O2/c1-18(2,22)12-21-16-6-5-14(11-15(16)20-17(21)19)4-3-13-7-9-23-10-8-13/h5-6,11,13,22H,3-4,7-10,12H2,1-2H3,(H2,19,20). The molecule has 0 atom stereocenters. The van der Waals surface area contributed by atoms with Gasteiger partial charge in [-0.05, 0) is 63.1 Å². The van der Waals surface area contributed by atoms with Crippen molar-refractivity contribution in [1.82, 2.24) is 9.55 Å². The Labute approximate surface area is 137 Å². The van der Waals surface area contributed by atoms with Crippen molar-refractivity contribution in [1.29, 1.82) is 0 Å². The molecule has 2 aromatic rings. The molecule has 126 valence electrons. The van der Waals surface area contributed by atoms with E-state index in [0.717, 1.165) is 36.6 Å². The van der Waals surface area contributed by atoms with E-state index in [2.05, 4.69) is 23.2 Å². The number of fused-ring (bicyclic) bond motifs is 1. The molecule has 0 saturated carbocycles. The van der Waals surface area contributed by atoms with Crippen molar-refractivity contribution >= 4 is 17.0 Å². The summed E-state index contributed by atoms with van der Waals surface area (Å²) >= 11 is 0. The number of rotatable bonds is 5. The molecular weight excluding hydrogens is 290 g/mol. The SMILES string of the molecule is CC(C)(O)Cn1c(N)nc2cc(CCC3CCOCC3)ccc21. The fourth-order valence-corrected chi connectivity index (χ4v) is 3.31. The first-order valence-electron chi connectivity index (χ1n) is 8.47. The Kier molecular flexibility index (Phi) is 4.60. The molecule has 1 saturated heterocycles. The Morgan fingerprint density at radius 3 is 2.78 bits per heavy atom. The highest BCUT2D eigenvalue weighted by Gasteiger charge is 2.18. The smallest absolute Gasteiger partial charge is 0.201 e. The van der Waals surface area contributed by atoms with Crippen LogP contribution in [0.3, 0.4) is 0 Å². The van der Waals surface area contributed by atoms with Crippen LogP contribution >= 0.6 is 0 Å². The Bertz CT molecular complexity index is 667. The molecule has 3 rings (SSSR count). The van der Waals surface area contributed by atoms with E-state index >= 15 is 0 Å². The van der Waals surface area contributed by atoms with Gasteiger partial charge in [0.05, 0.1) is 23.2 Å². The number of nitrogens with two attached hydrogens (primary N) is 1. The van der Waals surface area contributed by atoms with E-state index in [9.17, 15) is 5.11 Å². The number of imidazole rings is 1. The minimum Gasteiger partial charge on any atom is -0.389 e. The van der Waals surface area contributed by atoms with E-state index < -0.39 is 5.60 Å². The fraction of sp³-hybridized carbons (Fsp3) is 0.611. The van der Waals surface area contributed by atoms with Crippen LogP contribution in [0.4, 0.5) is 5.95 Å². The third kappa shape index (κ3) is 4.03. The van der Waals surface area contributed by atoms with Crippen LogP contribution in [0.15, 0.2) is 18.2 Å². The molecule has 2 heterocycles. The number of aryl methyl sites for hydroxylation is 1. The molecule has 3 N–H and O–H groups in total. The predicted molar refractivity (Wildman–Crippen MR) is 92.3 cm³/mol. The van der Waals surface area contributed by atoms with Crippen molar-refractivity contribution in [2.75, 3.05) is 18.9 Å². The molecule has 23 heavy (non-hydrogen) atoms. The van der Waals surface area contributed by atoms with Gasteiger partial charge >= 0.3 is 0 Å². The molecule has 0 amide bonds. The van der Waals surface area contributed by atoms with Crippen molar-refractivity contribution in [3.63, 3.8) is 0 Å². The Morgan fingerprint density at radius 1 is 1.35 bits per heavy atom. The number of nitrogen functional groups attached to an aromatic ring is 1. The lowest BCUT2D eigenvalue weighted by molar-refractivity contribution is 0.0632. The second-order valence-electron chi connectivity index (χ2n) is 7.29. The minimum atomic E-state index is -0.816. The van der Waals surface area contributed by atoms with Crippen LogP contribution in [0.5, 0.6) is 0 Å². The quantitative estimate of drug-likeness (QED) is 0.889. The number of hydrogen-bond acceptors (Lipinski definition) is 4. The summed E-state index contributed by atoms with van der Waals surface area (Å²) in [5.74, 6) is 1.24. The molecule has 0 unspecified atom stereocenters. The summed E-state index contributed by atoms with van der Waals surface area (Å²) in [6.07, 6.45) is 4.62. The zero-order chi connectivity index (χ0) is 16.4. The predicted octanol–water partition coefficient (Wildman–Crippen LogP) is 2.75. The first kappa shape index (κ1) is 16.3. The molecular formula is C18H27N3O2. The average molecular weight is 317 g/mol. The molecule has 1 fully saturated rings. The molecule has 0 bridgehead atoms. The maximum absolute atomic E-state index is 10.0. The summed E-state index contributed by atoms with van der Waals surface area (Å²) in [5.41, 5.74) is 8.41. The zero-order valence-corrected chi connectivity index (χ0v) is 14.1. The van der Waals surface area contributed by atoms with E-state index in [-0.39, 0.29) is 0 Å². The van der Waals surface area contributed by atoms with Crippen molar-refractivity contribution < 1.29 is 9.84 Å². The molecule has 1 aliphatic heterocycles. The maximum atomic E-state index is 10.0. The molecule has 0 radical (unpaired) electrons. The highest BCUT2D eigenvalue weighted by Crippen LogP contribution is 2.24. The molecule has 1 aromatic carbocycles. The molecule has 0 spiro atoms. The first-order chi connectivity index (χ1) is 10.9. The second-order valence-corrected chi connectivity index (χ2v) is 7.29. The monoisotopic (exact) mass is 317 g/mol. The lowest BCUT2D eigenvalue weighted by Crippen LogP contribution is -2.26. The van der Waals surface area contributed by atoms with Gasteiger partial charge in [0.25, 0.3) is 0 Å². The fourth-order valence-electron chi connectivity index (χ4n) is 3.31. The van der Waals surface area contributed by atoms with Gasteiger partial charge in [0.2, 0.25) is 5.95 Å². The van der Waals surface area contributed by atoms with Crippen LogP contribution in [0, 0.1) is 5.92 Å². The third-order valence-corrected chi connectivity index (χ3v) is 4.57. The minimum absolute atomic E-state index is 0.441. The molecule has 5 nitrogen and oxygen atoms in total. The molecule has 0 aliphatic carbocycles. The Balaban J connectivity index is 1.74. The van der Waals surface area contributed by atoms with Gasteiger partial charge in [-0.15, -0.1) is 0 Å². The average Bonchev–Trinajstić information content (AvgIpc) is 2.80. The molecule has 5 heteroatoms. The normalized spacial score (nSPS) is 17.0. The van der Waals surface area contributed by atoms with Crippen LogP contribution in [0.2, 0.25) is 0 Å². The summed E-state index contributed by atoms with van der Waals surface area (Å²) in [6, 6.07) is 6.36. The number of benzene rings is 1. The number of nitrogens with zero attached hydrogens (tertiary/aromatic N) is 2. The van der Waals surface area contributed by atoms with E-state index in [1.807, 2.05) is 4.57 Å². The highest BCUT2D eigenvalue weighted by atomic mass is 16.5. The lowest BCUT2D eigenvalue weighted by Gasteiger charge is -2.21. The van der Waals surface area contributed by atoms with Gasteiger partial charge < -0.3 is 20.1 Å². The summed E-state index contributed by atoms with van der Waals surface area (Å²) in [7, 11) is 0. The topological polar surface area (TPSA) is 73.3 Å². The van der Waals surface area contributed by atoms with Crippen molar-refractivity contribution in [2.24, 2.45) is 5.92 Å². The molecule has 1 aliphatic rings. The summed E-state index contributed by atoms with van der Waals surface area (Å²) in [5, 5.41) is 10.0. The van der Waals surface area contributed by atoms with Gasteiger partial charge in [-0.2, -0.15) is 0 Å². The third-order valence-electron chi connectivity index (χ3n) is 4.57. The van der Waals surface area contributed by atoms with Crippen LogP contribution in [-0.2, 0) is 17.7 Å². The second kappa shape index (κ2) is 6.49. The summed E-state index contributed by atoms with van der Waals surface area (Å²) in [4.78, 5) is 4.46. The van der Waals surface area contributed by atoms with E-state index in [1.165, 1.54) is 24.8 Å². The summed E-state index contributed by atoms with van der Waals surface area (Å²) in [6.45, 7) is 5.81. The van der Waals surface area contributed by atoms with E-state index in [4.69, 9.17) is 10.5 Å². The molecule has 1 aromatic heterocycles. The van der Waals surface area contributed by atoms with Crippen LogP contribution in [-0.4, -0.2) is 33.5 Å². The van der Waals surface area contributed by atoms with Gasteiger partial charge in [0, 0.05) is 13.2 Å². The van der Waals surface area contributed by atoms with Crippen molar-refractivity contribution in [3.8, 4) is 0 Å². The first-order valence-corrected chi connectivity index (χ1v) is 8.47. The number of aliphatic hydroxyl groups is 1. The van der Waals surface area contributed by atoms with Gasteiger partial charge in [0.1, 0.15) is 0 Å². The largest absolute Gasteiger partial charge is 0.389 e. The van der Waals surface area contributed by atoms with Crippen LogP contribution in [0.1, 0.15) is 38.7 Å². The number of aromatic nitrogens is 2. The van der Waals surface area contributed by atoms with Crippen LogP contribution in [0.25, 0.3) is 11.0 Å². The van der Waals surface area contributed by atoms with Gasteiger partial charge in [-0.1, -0.05) is 6.07 Å². The van der Waals surface area contributed by atoms with Gasteiger partial charge in [-0.25, -0.2) is 4.98 Å². The van der Waals surface area contributed by atoms with E-state index in [1.54, 1.807) is 13.8 Å².